The number of ether oxygens (including phenoxy) is 4. The highest BCUT2D eigenvalue weighted by molar-refractivity contribution is 5.35. The van der Waals surface area contributed by atoms with E-state index >= 15 is 8.78 Å². The molecule has 0 aromatic heterocycles. The standard InChI is InChI=1S/C36H33F11O4/c1-2-3-21-4-6-22(7-5-21)24-10-17-31(48-20-24)23-8-11-25(12-9-23)33(39,40)49-27-15-13-26(14-16-27)34(41,42)50-28-18-29(37)32(30(38)19-28)35(43,44)51-36(45,46)47/h2-3,8-9,11-16,18-19,21-22,24,31H,4-7,10,17,20H2,1H3. The maximum atomic E-state index is 15.0. The average Bonchev–Trinajstić information content (AvgIpc) is 3.04. The lowest BCUT2D eigenvalue weighted by Gasteiger charge is -2.37. The quantitative estimate of drug-likeness (QED) is 0.145. The van der Waals surface area contributed by atoms with Crippen LogP contribution in [0.5, 0.6) is 11.5 Å². The fourth-order valence-electron chi connectivity index (χ4n) is 6.59. The summed E-state index contributed by atoms with van der Waals surface area (Å²) in [4.78, 5) is 0. The Labute approximate surface area is 286 Å². The van der Waals surface area contributed by atoms with Crippen LogP contribution in [0.25, 0.3) is 0 Å². The van der Waals surface area contributed by atoms with Gasteiger partial charge in [-0.2, -0.15) is 26.3 Å². The summed E-state index contributed by atoms with van der Waals surface area (Å²) < 4.78 is 169. The molecule has 0 radical (unpaired) electrons. The van der Waals surface area contributed by atoms with E-state index in [0.29, 0.717) is 36.5 Å². The first-order valence-electron chi connectivity index (χ1n) is 16.1. The van der Waals surface area contributed by atoms with Crippen molar-refractivity contribution >= 4 is 0 Å². The maximum Gasteiger partial charge on any atom is 0.527 e. The van der Waals surface area contributed by atoms with E-state index in [4.69, 9.17) is 9.47 Å². The van der Waals surface area contributed by atoms with Crippen molar-refractivity contribution in [3.8, 4) is 11.5 Å². The Bertz CT molecular complexity index is 1620. The molecule has 1 saturated carbocycles. The molecule has 5 rings (SSSR count). The van der Waals surface area contributed by atoms with Gasteiger partial charge in [0.05, 0.1) is 23.8 Å². The molecule has 0 amide bonds. The maximum absolute atomic E-state index is 15.0. The number of halogens is 11. The van der Waals surface area contributed by atoms with Gasteiger partial charge in [0, 0.05) is 12.1 Å². The molecule has 1 aliphatic heterocycles. The summed E-state index contributed by atoms with van der Waals surface area (Å²) in [5.41, 5.74) is -3.31. The van der Waals surface area contributed by atoms with E-state index in [1.54, 1.807) is 0 Å². The van der Waals surface area contributed by atoms with Crippen molar-refractivity contribution in [2.75, 3.05) is 6.61 Å². The molecule has 2 unspecified atom stereocenters. The second-order valence-electron chi connectivity index (χ2n) is 12.6. The SMILES string of the molecule is CC=CC1CCC(C2CCC(c3ccc(C(F)(F)Oc4ccc(C(F)(F)Oc5cc(F)c(C(F)(F)OC(F)(F)F)c(F)c5)cc4)cc3)OC2)CC1. The van der Waals surface area contributed by atoms with Gasteiger partial charge in [0.15, 0.2) is 0 Å². The summed E-state index contributed by atoms with van der Waals surface area (Å²) in [5, 5.41) is 0. The third kappa shape index (κ3) is 9.53. The Kier molecular flexibility index (Phi) is 11.3. The Balaban J connectivity index is 1.17. The van der Waals surface area contributed by atoms with Crippen molar-refractivity contribution in [2.45, 2.75) is 76.2 Å². The lowest BCUT2D eigenvalue weighted by molar-refractivity contribution is -0.432. The minimum absolute atomic E-state index is 0.196. The molecule has 1 aliphatic carbocycles. The minimum Gasteiger partial charge on any atom is -0.429 e. The molecule has 0 bridgehead atoms. The Morgan fingerprint density at radius 1 is 0.627 bits per heavy atom. The molecule has 51 heavy (non-hydrogen) atoms. The third-order valence-corrected chi connectivity index (χ3v) is 9.11. The van der Waals surface area contributed by atoms with Gasteiger partial charge in [-0.25, -0.2) is 13.5 Å². The first-order valence-corrected chi connectivity index (χ1v) is 16.1. The van der Waals surface area contributed by atoms with Gasteiger partial charge in [-0.1, -0.05) is 24.3 Å². The molecule has 4 nitrogen and oxygen atoms in total. The highest BCUT2D eigenvalue weighted by Gasteiger charge is 2.50. The normalized spacial score (nSPS) is 22.3. The summed E-state index contributed by atoms with van der Waals surface area (Å²) >= 11 is 0. The molecule has 2 aliphatic rings. The van der Waals surface area contributed by atoms with Crippen LogP contribution >= 0.6 is 0 Å². The Hall–Kier alpha value is -3.85. The Morgan fingerprint density at radius 2 is 1.14 bits per heavy atom. The number of rotatable bonds is 11. The average molecular weight is 739 g/mol. The highest BCUT2D eigenvalue weighted by atomic mass is 19.4. The molecule has 15 heteroatoms. The van der Waals surface area contributed by atoms with Crippen LogP contribution < -0.4 is 9.47 Å². The van der Waals surface area contributed by atoms with E-state index in [2.05, 4.69) is 21.6 Å². The van der Waals surface area contributed by atoms with Crippen LogP contribution in [0.15, 0.2) is 72.8 Å². The van der Waals surface area contributed by atoms with Crippen molar-refractivity contribution in [3.05, 3.63) is 107 Å². The molecule has 278 valence electrons. The third-order valence-electron chi connectivity index (χ3n) is 9.11. The monoisotopic (exact) mass is 738 g/mol. The van der Waals surface area contributed by atoms with Crippen LogP contribution in [0.4, 0.5) is 48.3 Å². The molecule has 3 aromatic rings. The molecule has 2 fully saturated rings. The van der Waals surface area contributed by atoms with E-state index in [0.717, 1.165) is 43.4 Å². The summed E-state index contributed by atoms with van der Waals surface area (Å²) in [6, 6.07) is 7.69. The lowest BCUT2D eigenvalue weighted by atomic mass is 9.73. The topological polar surface area (TPSA) is 36.9 Å². The minimum atomic E-state index is -5.99. The van der Waals surface area contributed by atoms with Gasteiger partial charge in [-0.15, -0.1) is 13.2 Å². The number of benzene rings is 3. The van der Waals surface area contributed by atoms with Gasteiger partial charge in [0.25, 0.3) is 0 Å². The van der Waals surface area contributed by atoms with Gasteiger partial charge < -0.3 is 14.2 Å². The van der Waals surface area contributed by atoms with Crippen LogP contribution in [-0.4, -0.2) is 13.0 Å². The van der Waals surface area contributed by atoms with E-state index in [1.165, 1.54) is 37.1 Å². The van der Waals surface area contributed by atoms with Gasteiger partial charge >= 0.3 is 24.7 Å². The van der Waals surface area contributed by atoms with Gasteiger partial charge in [-0.05, 0) is 105 Å². The number of allylic oxidation sites excluding steroid dienone is 2. The van der Waals surface area contributed by atoms with E-state index in [1.807, 2.05) is 6.92 Å². The smallest absolute Gasteiger partial charge is 0.429 e. The summed E-state index contributed by atoms with van der Waals surface area (Å²) in [7, 11) is 0. The molecule has 1 heterocycles. The first kappa shape index (κ1) is 38.4. The van der Waals surface area contributed by atoms with Crippen molar-refractivity contribution in [1.29, 1.82) is 0 Å². The lowest BCUT2D eigenvalue weighted by Crippen LogP contribution is -2.30. The number of hydrogen-bond acceptors (Lipinski definition) is 4. The number of alkyl halides is 9. The molecule has 0 N–H and O–H groups in total. The largest absolute Gasteiger partial charge is 0.527 e. The van der Waals surface area contributed by atoms with Crippen LogP contribution in [-0.2, 0) is 27.8 Å². The molecule has 3 aromatic carbocycles. The van der Waals surface area contributed by atoms with Crippen molar-refractivity contribution in [2.24, 2.45) is 17.8 Å². The Morgan fingerprint density at radius 3 is 1.63 bits per heavy atom. The molecule has 1 saturated heterocycles. The van der Waals surface area contributed by atoms with E-state index < -0.39 is 64.5 Å². The van der Waals surface area contributed by atoms with Crippen LogP contribution in [0.1, 0.15) is 73.8 Å². The summed E-state index contributed by atoms with van der Waals surface area (Å²) in [6.07, 6.45) is -9.32. The molecule has 2 atom stereocenters. The van der Waals surface area contributed by atoms with Gasteiger partial charge in [-0.3, -0.25) is 0 Å². The van der Waals surface area contributed by atoms with E-state index in [-0.39, 0.29) is 18.2 Å². The fraction of sp³-hybridized carbons (Fsp3) is 0.444. The van der Waals surface area contributed by atoms with Crippen molar-refractivity contribution in [3.63, 3.8) is 0 Å². The number of hydrogen-bond donors (Lipinski definition) is 0. The zero-order valence-electron chi connectivity index (χ0n) is 27.0. The van der Waals surface area contributed by atoms with Gasteiger partial charge in [0.1, 0.15) is 28.7 Å². The summed E-state index contributed by atoms with van der Waals surface area (Å²) in [5.74, 6) is -4.95. The van der Waals surface area contributed by atoms with Crippen molar-refractivity contribution in [1.82, 2.24) is 0 Å². The predicted octanol–water partition coefficient (Wildman–Crippen LogP) is 11.7. The predicted molar refractivity (Wildman–Crippen MR) is 161 cm³/mol. The first-order chi connectivity index (χ1) is 23.9. The molecular weight excluding hydrogens is 705 g/mol. The zero-order valence-corrected chi connectivity index (χ0v) is 27.0. The second-order valence-corrected chi connectivity index (χ2v) is 12.6. The fourth-order valence-corrected chi connectivity index (χ4v) is 6.59. The van der Waals surface area contributed by atoms with Crippen molar-refractivity contribution < 1.29 is 67.2 Å². The summed E-state index contributed by atoms with van der Waals surface area (Å²) in [6.45, 7) is 2.63. The molecule has 0 spiro atoms. The zero-order chi connectivity index (χ0) is 37.2. The second kappa shape index (κ2) is 15.0. The highest BCUT2D eigenvalue weighted by Crippen LogP contribution is 2.43. The van der Waals surface area contributed by atoms with Crippen LogP contribution in [0.3, 0.4) is 0 Å². The van der Waals surface area contributed by atoms with Crippen LogP contribution in [0, 0.1) is 29.4 Å². The van der Waals surface area contributed by atoms with Gasteiger partial charge in [0.2, 0.25) is 0 Å². The molecular formula is C36H33F11O4. The van der Waals surface area contributed by atoms with Crippen LogP contribution in [0.2, 0.25) is 0 Å². The van der Waals surface area contributed by atoms with E-state index in [9.17, 15) is 39.5 Å².